The summed E-state index contributed by atoms with van der Waals surface area (Å²) in [5, 5.41) is 23.5. The van der Waals surface area contributed by atoms with Crippen molar-refractivity contribution in [2.24, 2.45) is 0 Å². The van der Waals surface area contributed by atoms with E-state index in [1.54, 1.807) is 0 Å². The Bertz CT molecular complexity index is 1320. The summed E-state index contributed by atoms with van der Waals surface area (Å²) in [4.78, 5) is 24.7. The minimum absolute atomic E-state index is 0.0170. The summed E-state index contributed by atoms with van der Waals surface area (Å²) in [6.07, 6.45) is 97.3. The first-order valence-corrected chi connectivity index (χ1v) is 40.4. The van der Waals surface area contributed by atoms with Crippen LogP contribution in [0, 0.1) is 0 Å². The van der Waals surface area contributed by atoms with Gasteiger partial charge in [-0.25, -0.2) is 0 Å². The molecule has 0 heterocycles. The van der Waals surface area contributed by atoms with Crippen LogP contribution in [0.1, 0.15) is 470 Å². The van der Waals surface area contributed by atoms with Gasteiger partial charge >= 0.3 is 5.97 Å². The van der Waals surface area contributed by atoms with Gasteiger partial charge in [0.25, 0.3) is 0 Å². The minimum atomic E-state index is -0.663. The summed E-state index contributed by atoms with van der Waals surface area (Å²) in [6.45, 7) is 5.01. The molecule has 0 saturated carbocycles. The summed E-state index contributed by atoms with van der Waals surface area (Å²) in [7, 11) is 0. The van der Waals surface area contributed by atoms with Gasteiger partial charge in [-0.05, 0) is 51.4 Å². The summed E-state index contributed by atoms with van der Waals surface area (Å²) in [5.41, 5.74) is 0. The third kappa shape index (κ3) is 73.5. The maximum absolute atomic E-state index is 12.6. The smallest absolute Gasteiger partial charge is 0.305 e. The van der Waals surface area contributed by atoms with Crippen LogP contribution in [0.5, 0.6) is 0 Å². The Morgan fingerprint density at radius 1 is 0.310 bits per heavy atom. The van der Waals surface area contributed by atoms with Gasteiger partial charge in [0, 0.05) is 12.8 Å². The molecule has 87 heavy (non-hydrogen) atoms. The molecule has 0 spiro atoms. The Morgan fingerprint density at radius 3 is 0.816 bits per heavy atom. The average molecular weight is 1230 g/mol. The van der Waals surface area contributed by atoms with E-state index in [0.29, 0.717) is 25.9 Å². The third-order valence-electron chi connectivity index (χ3n) is 19.3. The maximum Gasteiger partial charge on any atom is 0.305 e. The van der Waals surface area contributed by atoms with Gasteiger partial charge in [0.2, 0.25) is 5.91 Å². The fourth-order valence-electron chi connectivity index (χ4n) is 13.2. The molecular weight excluding hydrogens is 1070 g/mol. The van der Waals surface area contributed by atoms with Crippen molar-refractivity contribution in [2.45, 2.75) is 482 Å². The third-order valence-corrected chi connectivity index (χ3v) is 19.3. The van der Waals surface area contributed by atoms with Crippen LogP contribution >= 0.6 is 0 Å². The van der Waals surface area contributed by atoms with E-state index in [1.807, 2.05) is 0 Å². The zero-order chi connectivity index (χ0) is 62.8. The topological polar surface area (TPSA) is 95.9 Å². The quantitative estimate of drug-likeness (QED) is 0.0320. The van der Waals surface area contributed by atoms with Gasteiger partial charge in [-0.2, -0.15) is 0 Å². The van der Waals surface area contributed by atoms with Crippen molar-refractivity contribution in [3.63, 3.8) is 0 Å². The highest BCUT2D eigenvalue weighted by Crippen LogP contribution is 2.21. The maximum atomic E-state index is 12.6. The lowest BCUT2D eigenvalue weighted by atomic mass is 10.0. The first-order chi connectivity index (χ1) is 43.0. The first kappa shape index (κ1) is 85.6. The molecule has 518 valence electrons. The van der Waals surface area contributed by atoms with E-state index in [-0.39, 0.29) is 18.5 Å². The standard InChI is InChI=1S/C81H159NO5/c1-3-5-7-9-11-13-15-17-19-21-22-23-24-29-32-35-38-42-45-49-53-57-61-65-69-73-79(84)78(77-83)82-80(85)74-70-66-62-58-54-50-46-43-39-36-33-30-27-25-26-28-31-34-37-40-44-48-52-56-60-64-68-72-76-87-81(86)75-71-67-63-59-55-51-47-41-20-18-16-14-12-10-8-6-4-2/h18,20,78-79,83-84H,3-17,19,21-77H2,1-2H3,(H,82,85)/b20-18-. The molecule has 0 bridgehead atoms. The number of carbonyl (C=O) groups is 2. The number of rotatable bonds is 77. The number of aliphatic hydroxyl groups is 2. The van der Waals surface area contributed by atoms with E-state index in [0.717, 1.165) is 44.9 Å². The summed E-state index contributed by atoms with van der Waals surface area (Å²) >= 11 is 0. The van der Waals surface area contributed by atoms with Crippen LogP contribution in [0.4, 0.5) is 0 Å². The Kier molecular flexibility index (Phi) is 75.8. The molecule has 6 heteroatoms. The molecule has 0 aliphatic heterocycles. The predicted octanol–water partition coefficient (Wildman–Crippen LogP) is 26.7. The molecule has 0 saturated heterocycles. The zero-order valence-corrected chi connectivity index (χ0v) is 59.5. The largest absolute Gasteiger partial charge is 0.466 e. The molecule has 1 amide bonds. The molecule has 2 atom stereocenters. The van der Waals surface area contributed by atoms with Crippen LogP contribution in [-0.2, 0) is 14.3 Å². The second kappa shape index (κ2) is 77.1. The SMILES string of the molecule is CCCCCCCC/C=C\CCCCCCCCCC(=O)OCCCCCCCCCCCCCCCCCCCCCCCCCCCCCCC(=O)NC(CO)C(O)CCCCCCCCCCCCCCCCCCCCCCCCCCC. The van der Waals surface area contributed by atoms with E-state index in [4.69, 9.17) is 4.74 Å². The number of carbonyl (C=O) groups excluding carboxylic acids is 2. The lowest BCUT2D eigenvalue weighted by Gasteiger charge is -2.22. The molecule has 0 aromatic heterocycles. The van der Waals surface area contributed by atoms with Crippen molar-refractivity contribution in [1.82, 2.24) is 5.32 Å². The minimum Gasteiger partial charge on any atom is -0.466 e. The number of esters is 1. The zero-order valence-electron chi connectivity index (χ0n) is 59.5. The van der Waals surface area contributed by atoms with Gasteiger partial charge in [0.05, 0.1) is 25.4 Å². The molecule has 0 aromatic rings. The van der Waals surface area contributed by atoms with Crippen LogP contribution < -0.4 is 5.32 Å². The Hall–Kier alpha value is -1.40. The molecule has 2 unspecified atom stereocenters. The lowest BCUT2D eigenvalue weighted by Crippen LogP contribution is -2.45. The summed E-state index contributed by atoms with van der Waals surface area (Å²) in [6, 6.07) is -0.540. The highest BCUT2D eigenvalue weighted by Gasteiger charge is 2.20. The molecule has 6 nitrogen and oxygen atoms in total. The van der Waals surface area contributed by atoms with Crippen LogP contribution in [0.15, 0.2) is 12.2 Å². The molecular formula is C81H159NO5. The Labute approximate surface area is 546 Å². The van der Waals surface area contributed by atoms with Crippen molar-refractivity contribution in [3.05, 3.63) is 12.2 Å². The average Bonchev–Trinajstić information content (AvgIpc) is 3.53. The van der Waals surface area contributed by atoms with Crippen molar-refractivity contribution in [3.8, 4) is 0 Å². The van der Waals surface area contributed by atoms with E-state index < -0.39 is 12.1 Å². The molecule has 0 fully saturated rings. The first-order valence-electron chi connectivity index (χ1n) is 40.4. The molecule has 3 N–H and O–H groups in total. The predicted molar refractivity (Wildman–Crippen MR) is 384 cm³/mol. The van der Waals surface area contributed by atoms with Crippen LogP contribution in [-0.4, -0.2) is 47.4 Å². The number of nitrogens with one attached hydrogen (secondary N) is 1. The fourth-order valence-corrected chi connectivity index (χ4v) is 13.2. The van der Waals surface area contributed by atoms with Gasteiger partial charge in [-0.1, -0.05) is 418 Å². The lowest BCUT2D eigenvalue weighted by molar-refractivity contribution is -0.143. The van der Waals surface area contributed by atoms with E-state index in [1.165, 1.54) is 392 Å². The summed E-state index contributed by atoms with van der Waals surface area (Å²) in [5.74, 6) is -0.00841. The van der Waals surface area contributed by atoms with E-state index >= 15 is 0 Å². The van der Waals surface area contributed by atoms with Crippen LogP contribution in [0.25, 0.3) is 0 Å². The van der Waals surface area contributed by atoms with Crippen molar-refractivity contribution < 1.29 is 24.5 Å². The fraction of sp³-hybridized carbons (Fsp3) is 0.951. The van der Waals surface area contributed by atoms with Crippen LogP contribution in [0.3, 0.4) is 0 Å². The number of ether oxygens (including phenoxy) is 1. The molecule has 0 radical (unpaired) electrons. The molecule has 0 aromatic carbocycles. The number of unbranched alkanes of at least 4 members (excludes halogenated alkanes) is 64. The second-order valence-corrected chi connectivity index (χ2v) is 28.1. The number of hydrogen-bond acceptors (Lipinski definition) is 5. The second-order valence-electron chi connectivity index (χ2n) is 28.1. The van der Waals surface area contributed by atoms with Crippen molar-refractivity contribution in [2.75, 3.05) is 13.2 Å². The molecule has 0 aliphatic rings. The molecule has 0 aliphatic carbocycles. The van der Waals surface area contributed by atoms with Gasteiger partial charge in [-0.3, -0.25) is 9.59 Å². The van der Waals surface area contributed by atoms with Gasteiger partial charge in [-0.15, -0.1) is 0 Å². The van der Waals surface area contributed by atoms with E-state index in [9.17, 15) is 19.8 Å². The van der Waals surface area contributed by atoms with Crippen molar-refractivity contribution >= 4 is 11.9 Å². The Balaban J connectivity index is 3.34. The highest BCUT2D eigenvalue weighted by atomic mass is 16.5. The number of aliphatic hydroxyl groups excluding tert-OH is 2. The van der Waals surface area contributed by atoms with Gasteiger partial charge in [0.15, 0.2) is 0 Å². The van der Waals surface area contributed by atoms with Gasteiger partial charge in [0.1, 0.15) is 0 Å². The number of amides is 1. The van der Waals surface area contributed by atoms with Gasteiger partial charge < -0.3 is 20.3 Å². The summed E-state index contributed by atoms with van der Waals surface area (Å²) < 4.78 is 5.51. The Morgan fingerprint density at radius 2 is 0.540 bits per heavy atom. The monoisotopic (exact) mass is 1230 g/mol. The normalized spacial score (nSPS) is 12.5. The van der Waals surface area contributed by atoms with E-state index in [2.05, 4.69) is 31.3 Å². The van der Waals surface area contributed by atoms with Crippen molar-refractivity contribution in [1.29, 1.82) is 0 Å². The van der Waals surface area contributed by atoms with Crippen LogP contribution in [0.2, 0.25) is 0 Å². The number of hydrogen-bond donors (Lipinski definition) is 3. The number of allylic oxidation sites excluding steroid dienone is 2. The molecule has 0 rings (SSSR count). The highest BCUT2D eigenvalue weighted by molar-refractivity contribution is 5.76.